The van der Waals surface area contributed by atoms with E-state index in [1.54, 1.807) is 18.9 Å². The number of thioether (sulfide) groups is 1. The summed E-state index contributed by atoms with van der Waals surface area (Å²) in [5.74, 6) is 2.19. The minimum Gasteiger partial charge on any atom is -0.496 e. The van der Waals surface area contributed by atoms with Crippen LogP contribution in [-0.4, -0.2) is 26.9 Å². The summed E-state index contributed by atoms with van der Waals surface area (Å²) in [4.78, 5) is 4.64. The second-order valence-corrected chi connectivity index (χ2v) is 8.17. The van der Waals surface area contributed by atoms with Gasteiger partial charge in [0.1, 0.15) is 10.9 Å². The molecule has 0 aliphatic carbocycles. The second-order valence-electron chi connectivity index (χ2n) is 6.87. The van der Waals surface area contributed by atoms with Gasteiger partial charge in [-0.3, -0.25) is 0 Å². The predicted molar refractivity (Wildman–Crippen MR) is 119 cm³/mol. The number of pyridine rings is 1. The summed E-state index contributed by atoms with van der Waals surface area (Å²) in [6, 6.07) is 14.1. The van der Waals surface area contributed by atoms with E-state index < -0.39 is 0 Å². The van der Waals surface area contributed by atoms with Crippen LogP contribution in [0, 0.1) is 13.8 Å². The minimum absolute atomic E-state index is 0.533. The standard InChI is InChI=1S/C22H21ClN4OS/c1-13-9-10-15-11-16(20(23)24-19(15)14(13)2)12-29-22-26-25-21(27(22)3)17-7-5-6-8-18(17)28-4/h5-11H,12H2,1-4H3. The topological polar surface area (TPSA) is 52.8 Å². The van der Waals surface area contributed by atoms with Gasteiger partial charge >= 0.3 is 0 Å². The van der Waals surface area contributed by atoms with Crippen LogP contribution in [0.15, 0.2) is 47.6 Å². The van der Waals surface area contributed by atoms with E-state index in [1.807, 2.05) is 35.9 Å². The lowest BCUT2D eigenvalue weighted by molar-refractivity contribution is 0.416. The third kappa shape index (κ3) is 3.70. The van der Waals surface area contributed by atoms with Crippen molar-refractivity contribution in [2.45, 2.75) is 24.8 Å². The van der Waals surface area contributed by atoms with Gasteiger partial charge in [0.15, 0.2) is 11.0 Å². The summed E-state index contributed by atoms with van der Waals surface area (Å²) in [5.41, 5.74) is 5.23. The van der Waals surface area contributed by atoms with E-state index in [1.165, 1.54) is 11.1 Å². The Balaban J connectivity index is 1.61. The fourth-order valence-corrected chi connectivity index (χ4v) is 4.42. The number of aryl methyl sites for hydroxylation is 2. The zero-order chi connectivity index (χ0) is 20.5. The van der Waals surface area contributed by atoms with E-state index in [2.05, 4.69) is 47.2 Å². The lowest BCUT2D eigenvalue weighted by Crippen LogP contribution is -1.97. The van der Waals surface area contributed by atoms with Crippen molar-refractivity contribution < 1.29 is 4.74 Å². The molecule has 5 nitrogen and oxygen atoms in total. The van der Waals surface area contributed by atoms with Gasteiger partial charge in [-0.05, 0) is 43.2 Å². The normalized spacial score (nSPS) is 11.2. The van der Waals surface area contributed by atoms with Crippen LogP contribution >= 0.6 is 23.4 Å². The lowest BCUT2D eigenvalue weighted by atomic mass is 10.0. The van der Waals surface area contributed by atoms with Gasteiger partial charge in [-0.2, -0.15) is 0 Å². The van der Waals surface area contributed by atoms with Crippen molar-refractivity contribution in [3.63, 3.8) is 0 Å². The molecule has 2 heterocycles. The molecule has 2 aromatic carbocycles. The molecule has 2 aromatic heterocycles. The molecule has 0 bridgehead atoms. The van der Waals surface area contributed by atoms with Crippen LogP contribution in [0.1, 0.15) is 16.7 Å². The van der Waals surface area contributed by atoms with Gasteiger partial charge in [0.2, 0.25) is 0 Å². The number of para-hydroxylation sites is 1. The second kappa shape index (κ2) is 8.05. The molecule has 0 fully saturated rings. The van der Waals surface area contributed by atoms with Crippen LogP contribution < -0.4 is 4.74 Å². The fraction of sp³-hybridized carbons (Fsp3) is 0.227. The molecule has 0 unspecified atom stereocenters. The first-order chi connectivity index (χ1) is 14.0. The van der Waals surface area contributed by atoms with Crippen molar-refractivity contribution >= 4 is 34.3 Å². The predicted octanol–water partition coefficient (Wildman–Crippen LogP) is 5.60. The van der Waals surface area contributed by atoms with Gasteiger partial charge in [0.25, 0.3) is 0 Å². The molecule has 4 rings (SSSR count). The summed E-state index contributed by atoms with van der Waals surface area (Å²) in [6.45, 7) is 4.16. The van der Waals surface area contributed by atoms with Crippen molar-refractivity contribution in [3.05, 3.63) is 64.3 Å². The lowest BCUT2D eigenvalue weighted by Gasteiger charge is -2.10. The average Bonchev–Trinajstić information content (AvgIpc) is 3.10. The first-order valence-electron chi connectivity index (χ1n) is 9.20. The molecule has 0 amide bonds. The van der Waals surface area contributed by atoms with E-state index >= 15 is 0 Å². The summed E-state index contributed by atoms with van der Waals surface area (Å²) < 4.78 is 7.42. The van der Waals surface area contributed by atoms with Gasteiger partial charge in [-0.1, -0.05) is 47.6 Å². The Labute approximate surface area is 179 Å². The molecule has 0 atom stereocenters. The maximum atomic E-state index is 6.49. The maximum absolute atomic E-state index is 6.49. The molecule has 0 radical (unpaired) electrons. The maximum Gasteiger partial charge on any atom is 0.191 e. The van der Waals surface area contributed by atoms with Gasteiger partial charge in [-0.15, -0.1) is 10.2 Å². The molecule has 4 aromatic rings. The molecule has 7 heteroatoms. The summed E-state index contributed by atoms with van der Waals surface area (Å²) in [7, 11) is 3.61. The van der Waals surface area contributed by atoms with E-state index in [0.29, 0.717) is 10.9 Å². The SMILES string of the molecule is COc1ccccc1-c1nnc(SCc2cc3ccc(C)c(C)c3nc2Cl)n1C. The zero-order valence-electron chi connectivity index (χ0n) is 16.7. The molecular formula is C22H21ClN4OS. The zero-order valence-corrected chi connectivity index (χ0v) is 18.3. The number of methoxy groups -OCH3 is 1. The highest BCUT2D eigenvalue weighted by Crippen LogP contribution is 2.32. The summed E-state index contributed by atoms with van der Waals surface area (Å²) in [6.07, 6.45) is 0. The fourth-order valence-electron chi connectivity index (χ4n) is 3.25. The van der Waals surface area contributed by atoms with Crippen LogP contribution in [0.3, 0.4) is 0 Å². The van der Waals surface area contributed by atoms with Gasteiger partial charge in [0, 0.05) is 23.8 Å². The van der Waals surface area contributed by atoms with E-state index in [0.717, 1.165) is 38.8 Å². The number of fused-ring (bicyclic) bond motifs is 1. The first-order valence-corrected chi connectivity index (χ1v) is 10.6. The molecule has 0 aliphatic rings. The molecule has 0 saturated heterocycles. The Kier molecular flexibility index (Phi) is 5.48. The Morgan fingerprint density at radius 1 is 1.10 bits per heavy atom. The number of rotatable bonds is 5. The number of halogens is 1. The molecule has 29 heavy (non-hydrogen) atoms. The average molecular weight is 425 g/mol. The van der Waals surface area contributed by atoms with E-state index in [4.69, 9.17) is 16.3 Å². The van der Waals surface area contributed by atoms with Crippen LogP contribution in [0.4, 0.5) is 0 Å². The highest BCUT2D eigenvalue weighted by Gasteiger charge is 2.16. The third-order valence-electron chi connectivity index (χ3n) is 5.08. The monoisotopic (exact) mass is 424 g/mol. The van der Waals surface area contributed by atoms with E-state index in [9.17, 15) is 0 Å². The van der Waals surface area contributed by atoms with Crippen molar-refractivity contribution in [2.75, 3.05) is 7.11 Å². The summed E-state index contributed by atoms with van der Waals surface area (Å²) in [5, 5.41) is 11.2. The van der Waals surface area contributed by atoms with Crippen molar-refractivity contribution in [1.29, 1.82) is 0 Å². The van der Waals surface area contributed by atoms with Crippen molar-refractivity contribution in [3.8, 4) is 17.1 Å². The minimum atomic E-state index is 0.533. The Morgan fingerprint density at radius 2 is 1.90 bits per heavy atom. The molecule has 0 N–H and O–H groups in total. The Bertz CT molecular complexity index is 1210. The largest absolute Gasteiger partial charge is 0.496 e. The number of nitrogens with zero attached hydrogens (tertiary/aromatic N) is 4. The number of ether oxygens (including phenoxy) is 1. The van der Waals surface area contributed by atoms with Crippen molar-refractivity contribution in [1.82, 2.24) is 19.7 Å². The van der Waals surface area contributed by atoms with Crippen LogP contribution in [0.2, 0.25) is 5.15 Å². The van der Waals surface area contributed by atoms with Crippen molar-refractivity contribution in [2.24, 2.45) is 7.05 Å². The number of hydrogen-bond acceptors (Lipinski definition) is 5. The van der Waals surface area contributed by atoms with Gasteiger partial charge in [-0.25, -0.2) is 4.98 Å². The van der Waals surface area contributed by atoms with Crippen LogP contribution in [0.25, 0.3) is 22.3 Å². The Morgan fingerprint density at radius 3 is 2.69 bits per heavy atom. The number of hydrogen-bond donors (Lipinski definition) is 0. The van der Waals surface area contributed by atoms with Gasteiger partial charge in [0.05, 0.1) is 18.2 Å². The number of benzene rings is 2. The molecule has 148 valence electrons. The molecule has 0 spiro atoms. The molecule has 0 saturated carbocycles. The third-order valence-corrected chi connectivity index (χ3v) is 6.47. The number of aromatic nitrogens is 4. The highest BCUT2D eigenvalue weighted by molar-refractivity contribution is 7.98. The smallest absolute Gasteiger partial charge is 0.191 e. The van der Waals surface area contributed by atoms with Crippen LogP contribution in [0.5, 0.6) is 5.75 Å². The highest BCUT2D eigenvalue weighted by atomic mass is 35.5. The van der Waals surface area contributed by atoms with E-state index in [-0.39, 0.29) is 0 Å². The molecule has 0 aliphatic heterocycles. The van der Waals surface area contributed by atoms with Crippen LogP contribution in [-0.2, 0) is 12.8 Å². The quantitative estimate of drug-likeness (QED) is 0.308. The van der Waals surface area contributed by atoms with Gasteiger partial charge < -0.3 is 9.30 Å². The summed E-state index contributed by atoms with van der Waals surface area (Å²) >= 11 is 8.07. The molecular weight excluding hydrogens is 404 g/mol. The Hall–Kier alpha value is -2.57. The first kappa shape index (κ1) is 19.7.